The largest absolute Gasteiger partial charge is 0.489 e. The Balaban J connectivity index is 1.58. The maximum atomic E-state index is 6.39. The molecule has 0 aliphatic carbocycles. The van der Waals surface area contributed by atoms with E-state index in [0.29, 0.717) is 23.9 Å². The Morgan fingerprint density at radius 3 is 2.12 bits per heavy atom. The summed E-state index contributed by atoms with van der Waals surface area (Å²) in [5.41, 5.74) is 19.8. The van der Waals surface area contributed by atoms with Gasteiger partial charge in [0.1, 0.15) is 18.2 Å². The predicted molar refractivity (Wildman–Crippen MR) is 130 cm³/mol. The first kappa shape index (κ1) is 21.2. The molecule has 7 N–H and O–H groups in total. The minimum absolute atomic E-state index is 0.00955. The average molecular weight is 426 g/mol. The van der Waals surface area contributed by atoms with Gasteiger partial charge in [-0.1, -0.05) is 72.8 Å². The summed E-state index contributed by atoms with van der Waals surface area (Å²) >= 11 is 0. The number of anilines is 3. The third-order valence-corrected chi connectivity index (χ3v) is 5.44. The van der Waals surface area contributed by atoms with Gasteiger partial charge < -0.3 is 21.6 Å². The Morgan fingerprint density at radius 1 is 0.812 bits per heavy atom. The Morgan fingerprint density at radius 2 is 1.47 bits per heavy atom. The highest BCUT2D eigenvalue weighted by Crippen LogP contribution is 2.36. The Labute approximate surface area is 188 Å². The van der Waals surface area contributed by atoms with Gasteiger partial charge in [0, 0.05) is 5.92 Å². The van der Waals surface area contributed by atoms with Gasteiger partial charge in [-0.25, -0.2) is 10.8 Å². The first-order valence-corrected chi connectivity index (χ1v) is 10.5. The molecule has 1 aromatic heterocycles. The van der Waals surface area contributed by atoms with E-state index < -0.39 is 0 Å². The molecule has 1 atom stereocenters. The number of nitrogens with two attached hydrogens (primary N) is 3. The maximum Gasteiger partial charge on any atom is 0.165 e. The molecule has 0 spiro atoms. The second kappa shape index (κ2) is 9.85. The standard InChI is InChI=1S/C26H27N5O/c27-24-16-23(25(28)26(30-24)31-29)22(20-9-5-2-6-10-20)15-18-11-13-21(14-12-18)32-17-19-7-3-1-4-8-19/h1-14,16,22H,15,17,28-29H2,(H3,27,30,31). The highest BCUT2D eigenvalue weighted by atomic mass is 16.5. The highest BCUT2D eigenvalue weighted by molar-refractivity contribution is 5.70. The van der Waals surface area contributed by atoms with E-state index in [1.165, 1.54) is 0 Å². The first-order chi connectivity index (χ1) is 15.6. The number of hydrogen-bond acceptors (Lipinski definition) is 6. The summed E-state index contributed by atoms with van der Waals surface area (Å²) in [6, 6.07) is 30.3. The van der Waals surface area contributed by atoms with Crippen molar-refractivity contribution in [1.82, 2.24) is 4.98 Å². The topological polar surface area (TPSA) is 112 Å². The highest BCUT2D eigenvalue weighted by Gasteiger charge is 2.20. The van der Waals surface area contributed by atoms with Gasteiger partial charge in [0.05, 0.1) is 5.69 Å². The zero-order chi connectivity index (χ0) is 22.3. The molecule has 1 unspecified atom stereocenters. The molecular formula is C26H27N5O. The van der Waals surface area contributed by atoms with Crippen molar-refractivity contribution in [3.05, 3.63) is 113 Å². The molecular weight excluding hydrogens is 398 g/mol. The summed E-state index contributed by atoms with van der Waals surface area (Å²) in [5, 5.41) is 0. The number of benzene rings is 3. The van der Waals surface area contributed by atoms with Crippen molar-refractivity contribution in [1.29, 1.82) is 0 Å². The lowest BCUT2D eigenvalue weighted by Crippen LogP contribution is -2.16. The van der Waals surface area contributed by atoms with Crippen LogP contribution in [0.1, 0.15) is 28.2 Å². The van der Waals surface area contributed by atoms with E-state index in [1.807, 2.05) is 66.7 Å². The van der Waals surface area contributed by atoms with E-state index in [1.54, 1.807) is 0 Å². The summed E-state index contributed by atoms with van der Waals surface area (Å²) in [7, 11) is 0. The molecule has 4 aromatic rings. The lowest BCUT2D eigenvalue weighted by Gasteiger charge is -2.22. The molecule has 4 rings (SSSR count). The minimum Gasteiger partial charge on any atom is -0.489 e. The van der Waals surface area contributed by atoms with Crippen molar-refractivity contribution in [2.75, 3.05) is 16.9 Å². The van der Waals surface area contributed by atoms with E-state index in [4.69, 9.17) is 22.0 Å². The van der Waals surface area contributed by atoms with E-state index in [0.717, 1.165) is 34.4 Å². The molecule has 6 heteroatoms. The van der Waals surface area contributed by atoms with Crippen molar-refractivity contribution >= 4 is 17.3 Å². The summed E-state index contributed by atoms with van der Waals surface area (Å²) in [6.07, 6.45) is 0.737. The Kier molecular flexibility index (Phi) is 6.53. The fourth-order valence-corrected chi connectivity index (χ4v) is 3.78. The predicted octanol–water partition coefficient (Wildman–Crippen LogP) is 4.49. The van der Waals surface area contributed by atoms with Crippen LogP contribution in [-0.4, -0.2) is 4.98 Å². The van der Waals surface area contributed by atoms with E-state index in [2.05, 4.69) is 34.7 Å². The SMILES string of the molecule is NNc1nc(N)cc(C(Cc2ccc(OCc3ccccc3)cc2)c2ccccc2)c1N. The summed E-state index contributed by atoms with van der Waals surface area (Å²) < 4.78 is 5.92. The number of aromatic nitrogens is 1. The number of hydrogen-bond donors (Lipinski definition) is 4. The lowest BCUT2D eigenvalue weighted by atomic mass is 9.85. The number of nitrogens with zero attached hydrogens (tertiary/aromatic N) is 1. The number of ether oxygens (including phenoxy) is 1. The van der Waals surface area contributed by atoms with Crippen LogP contribution in [0.5, 0.6) is 5.75 Å². The smallest absolute Gasteiger partial charge is 0.165 e. The van der Waals surface area contributed by atoms with Crippen molar-refractivity contribution in [2.24, 2.45) is 5.84 Å². The van der Waals surface area contributed by atoms with Gasteiger partial charge in [-0.2, -0.15) is 0 Å². The molecule has 0 aliphatic heterocycles. The quantitative estimate of drug-likeness (QED) is 0.244. The van der Waals surface area contributed by atoms with Crippen molar-refractivity contribution in [3.8, 4) is 5.75 Å². The Bertz CT molecular complexity index is 1150. The van der Waals surface area contributed by atoms with E-state index in [-0.39, 0.29) is 5.92 Å². The lowest BCUT2D eigenvalue weighted by molar-refractivity contribution is 0.306. The zero-order valence-electron chi connectivity index (χ0n) is 17.7. The number of hydrazine groups is 1. The summed E-state index contributed by atoms with van der Waals surface area (Å²) in [6.45, 7) is 0.536. The van der Waals surface area contributed by atoms with Crippen LogP contribution in [0, 0.1) is 0 Å². The molecule has 6 nitrogen and oxygen atoms in total. The van der Waals surface area contributed by atoms with Crippen LogP contribution >= 0.6 is 0 Å². The van der Waals surface area contributed by atoms with Gasteiger partial charge in [0.25, 0.3) is 0 Å². The van der Waals surface area contributed by atoms with Gasteiger partial charge in [0.15, 0.2) is 5.82 Å². The molecule has 0 radical (unpaired) electrons. The van der Waals surface area contributed by atoms with Crippen molar-refractivity contribution in [3.63, 3.8) is 0 Å². The second-order valence-corrected chi connectivity index (χ2v) is 7.63. The van der Waals surface area contributed by atoms with Crippen molar-refractivity contribution < 1.29 is 4.74 Å². The third-order valence-electron chi connectivity index (χ3n) is 5.44. The van der Waals surface area contributed by atoms with Gasteiger partial charge in [-0.15, -0.1) is 0 Å². The van der Waals surface area contributed by atoms with E-state index in [9.17, 15) is 0 Å². The summed E-state index contributed by atoms with van der Waals surface area (Å²) in [4.78, 5) is 4.19. The van der Waals surface area contributed by atoms with Gasteiger partial charge in [-0.05, 0) is 46.9 Å². The molecule has 1 heterocycles. The molecule has 0 fully saturated rings. The van der Waals surface area contributed by atoms with Crippen LogP contribution < -0.4 is 27.5 Å². The molecule has 3 aromatic carbocycles. The normalized spacial score (nSPS) is 11.7. The van der Waals surface area contributed by atoms with Crippen LogP contribution in [0.3, 0.4) is 0 Å². The fourth-order valence-electron chi connectivity index (χ4n) is 3.78. The number of nitrogen functional groups attached to an aromatic ring is 3. The van der Waals surface area contributed by atoms with Gasteiger partial charge >= 0.3 is 0 Å². The second-order valence-electron chi connectivity index (χ2n) is 7.63. The molecule has 162 valence electrons. The van der Waals surface area contributed by atoms with Crippen LogP contribution in [0.2, 0.25) is 0 Å². The van der Waals surface area contributed by atoms with Gasteiger partial charge in [-0.3, -0.25) is 0 Å². The van der Waals surface area contributed by atoms with Crippen LogP contribution in [-0.2, 0) is 13.0 Å². The molecule has 0 amide bonds. The number of nitrogens with one attached hydrogen (secondary N) is 1. The Hall–Kier alpha value is -4.03. The number of rotatable bonds is 8. The van der Waals surface area contributed by atoms with E-state index >= 15 is 0 Å². The molecule has 0 bridgehead atoms. The first-order valence-electron chi connectivity index (χ1n) is 10.5. The van der Waals surface area contributed by atoms with Crippen LogP contribution in [0.4, 0.5) is 17.3 Å². The third kappa shape index (κ3) is 4.99. The molecule has 0 saturated carbocycles. The molecule has 0 saturated heterocycles. The van der Waals surface area contributed by atoms with Gasteiger partial charge in [0.2, 0.25) is 0 Å². The van der Waals surface area contributed by atoms with Crippen LogP contribution in [0.15, 0.2) is 91.0 Å². The van der Waals surface area contributed by atoms with Crippen LogP contribution in [0.25, 0.3) is 0 Å². The van der Waals surface area contributed by atoms with Crippen molar-refractivity contribution in [2.45, 2.75) is 18.9 Å². The summed E-state index contributed by atoms with van der Waals surface area (Å²) in [5.74, 6) is 7.17. The molecule has 0 aliphatic rings. The number of pyridine rings is 1. The minimum atomic E-state index is -0.00955. The fraction of sp³-hybridized carbons (Fsp3) is 0.115. The molecule has 32 heavy (non-hydrogen) atoms. The maximum absolute atomic E-state index is 6.39. The average Bonchev–Trinajstić information content (AvgIpc) is 2.84. The monoisotopic (exact) mass is 425 g/mol. The zero-order valence-corrected chi connectivity index (χ0v) is 17.7.